The minimum absolute atomic E-state index is 0.328. The van der Waals surface area contributed by atoms with Crippen molar-refractivity contribution in [1.29, 1.82) is 0 Å². The highest BCUT2D eigenvalue weighted by atomic mass is 16.3. The lowest BCUT2D eigenvalue weighted by atomic mass is 9.80. The summed E-state index contributed by atoms with van der Waals surface area (Å²) in [7, 11) is 0. The van der Waals surface area contributed by atoms with Gasteiger partial charge < -0.3 is 5.11 Å². The van der Waals surface area contributed by atoms with Crippen molar-refractivity contribution in [3.63, 3.8) is 0 Å². The van der Waals surface area contributed by atoms with E-state index in [9.17, 15) is 0 Å². The van der Waals surface area contributed by atoms with Crippen LogP contribution in [-0.4, -0.2) is 11.7 Å². The summed E-state index contributed by atoms with van der Waals surface area (Å²) in [6.07, 6.45) is 1.11. The van der Waals surface area contributed by atoms with Crippen molar-refractivity contribution in [2.75, 3.05) is 6.61 Å². The second-order valence-electron chi connectivity index (χ2n) is 4.95. The van der Waals surface area contributed by atoms with Crippen LogP contribution in [0, 0.1) is 17.3 Å². The molecule has 0 saturated heterocycles. The molecule has 1 N–H and O–H groups in total. The van der Waals surface area contributed by atoms with Crippen molar-refractivity contribution in [3.05, 3.63) is 0 Å². The van der Waals surface area contributed by atoms with Gasteiger partial charge in [-0.1, -0.05) is 34.6 Å². The molecular weight excluding hydrogens is 136 g/mol. The first-order valence-corrected chi connectivity index (χ1v) is 4.47. The molecule has 0 amide bonds. The number of rotatable bonds is 3. The normalized spacial score (nSPS) is 15.5. The first-order valence-electron chi connectivity index (χ1n) is 4.47. The molecule has 0 aliphatic carbocycles. The van der Waals surface area contributed by atoms with Crippen molar-refractivity contribution in [1.82, 2.24) is 0 Å². The van der Waals surface area contributed by atoms with E-state index in [0.717, 1.165) is 6.42 Å². The lowest BCUT2D eigenvalue weighted by Gasteiger charge is -2.27. The molecule has 1 nitrogen and oxygen atoms in total. The van der Waals surface area contributed by atoms with Gasteiger partial charge in [-0.15, -0.1) is 0 Å². The van der Waals surface area contributed by atoms with Gasteiger partial charge in [0, 0.05) is 6.61 Å². The van der Waals surface area contributed by atoms with Gasteiger partial charge in [0.1, 0.15) is 0 Å². The molecule has 0 unspecified atom stereocenters. The summed E-state index contributed by atoms with van der Waals surface area (Å²) in [6, 6.07) is 0. The molecule has 1 atom stereocenters. The SMILES string of the molecule is CC(C)[C@H](CO)CC(C)(C)C. The number of hydrogen-bond acceptors (Lipinski definition) is 1. The van der Waals surface area contributed by atoms with E-state index in [1.807, 2.05) is 0 Å². The van der Waals surface area contributed by atoms with Gasteiger partial charge in [-0.3, -0.25) is 0 Å². The highest BCUT2D eigenvalue weighted by Crippen LogP contribution is 2.28. The molecule has 68 valence electrons. The lowest BCUT2D eigenvalue weighted by Crippen LogP contribution is -2.20. The summed E-state index contributed by atoms with van der Waals surface area (Å²) in [5, 5.41) is 9.06. The predicted octanol–water partition coefficient (Wildman–Crippen LogP) is 2.69. The minimum Gasteiger partial charge on any atom is -0.396 e. The molecule has 0 rings (SSSR count). The fraction of sp³-hybridized carbons (Fsp3) is 1.00. The van der Waals surface area contributed by atoms with Gasteiger partial charge in [0.2, 0.25) is 0 Å². The molecule has 0 aliphatic rings. The molecule has 0 saturated carbocycles. The van der Waals surface area contributed by atoms with Gasteiger partial charge in [0.25, 0.3) is 0 Å². The Balaban J connectivity index is 3.88. The molecule has 0 aromatic carbocycles. The van der Waals surface area contributed by atoms with Crippen molar-refractivity contribution in [3.8, 4) is 0 Å². The monoisotopic (exact) mass is 158 g/mol. The first kappa shape index (κ1) is 11.0. The Bertz CT molecular complexity index is 99.9. The highest BCUT2D eigenvalue weighted by Gasteiger charge is 2.20. The fourth-order valence-electron chi connectivity index (χ4n) is 1.30. The molecule has 0 aromatic rings. The summed E-state index contributed by atoms with van der Waals surface area (Å²) in [5.74, 6) is 1.06. The van der Waals surface area contributed by atoms with Crippen LogP contribution in [0.2, 0.25) is 0 Å². The molecule has 0 radical (unpaired) electrons. The Kier molecular flexibility index (Phi) is 4.09. The molecule has 1 heteroatoms. The van der Waals surface area contributed by atoms with E-state index in [0.29, 0.717) is 23.9 Å². The van der Waals surface area contributed by atoms with Crippen LogP contribution in [0.4, 0.5) is 0 Å². The van der Waals surface area contributed by atoms with Crippen LogP contribution in [0.15, 0.2) is 0 Å². The number of aliphatic hydroxyl groups excluding tert-OH is 1. The van der Waals surface area contributed by atoms with Gasteiger partial charge in [0.15, 0.2) is 0 Å². The van der Waals surface area contributed by atoms with E-state index in [-0.39, 0.29) is 0 Å². The summed E-state index contributed by atoms with van der Waals surface area (Å²) < 4.78 is 0. The van der Waals surface area contributed by atoms with Crippen molar-refractivity contribution in [2.45, 2.75) is 41.0 Å². The average molecular weight is 158 g/mol. The molecule has 0 spiro atoms. The first-order chi connectivity index (χ1) is 4.87. The third kappa shape index (κ3) is 5.25. The largest absolute Gasteiger partial charge is 0.396 e. The maximum absolute atomic E-state index is 9.06. The maximum atomic E-state index is 9.06. The predicted molar refractivity (Wildman–Crippen MR) is 49.5 cm³/mol. The van der Waals surface area contributed by atoms with Gasteiger partial charge in [-0.05, 0) is 23.7 Å². The van der Waals surface area contributed by atoms with Crippen LogP contribution in [-0.2, 0) is 0 Å². The Labute approximate surface area is 70.8 Å². The zero-order valence-electron chi connectivity index (χ0n) is 8.52. The van der Waals surface area contributed by atoms with Crippen molar-refractivity contribution < 1.29 is 5.11 Å². The number of aliphatic hydroxyl groups is 1. The van der Waals surface area contributed by atoms with Gasteiger partial charge in [-0.25, -0.2) is 0 Å². The smallest absolute Gasteiger partial charge is 0.0461 e. The highest BCUT2D eigenvalue weighted by molar-refractivity contribution is 4.70. The van der Waals surface area contributed by atoms with Gasteiger partial charge in [-0.2, -0.15) is 0 Å². The van der Waals surface area contributed by atoms with Crippen LogP contribution in [0.5, 0.6) is 0 Å². The van der Waals surface area contributed by atoms with Crippen LogP contribution in [0.1, 0.15) is 41.0 Å². The average Bonchev–Trinajstić information content (AvgIpc) is 1.80. The molecule has 0 bridgehead atoms. The Morgan fingerprint density at radius 2 is 1.64 bits per heavy atom. The van der Waals surface area contributed by atoms with Crippen LogP contribution < -0.4 is 0 Å². The summed E-state index contributed by atoms with van der Waals surface area (Å²) in [5.41, 5.74) is 0.345. The van der Waals surface area contributed by atoms with Crippen LogP contribution in [0.3, 0.4) is 0 Å². The minimum atomic E-state index is 0.328. The summed E-state index contributed by atoms with van der Waals surface area (Å²) in [4.78, 5) is 0. The maximum Gasteiger partial charge on any atom is 0.0461 e. The molecule has 0 fully saturated rings. The second-order valence-corrected chi connectivity index (χ2v) is 4.95. The quantitative estimate of drug-likeness (QED) is 0.669. The summed E-state index contributed by atoms with van der Waals surface area (Å²) >= 11 is 0. The number of hydrogen-bond donors (Lipinski definition) is 1. The summed E-state index contributed by atoms with van der Waals surface area (Å²) in [6.45, 7) is 11.3. The van der Waals surface area contributed by atoms with E-state index in [4.69, 9.17) is 5.11 Å². The molecular formula is C10H22O. The van der Waals surface area contributed by atoms with Gasteiger partial charge in [0.05, 0.1) is 0 Å². The zero-order valence-corrected chi connectivity index (χ0v) is 8.52. The van der Waals surface area contributed by atoms with E-state index in [2.05, 4.69) is 34.6 Å². The Hall–Kier alpha value is -0.0400. The zero-order chi connectivity index (χ0) is 9.07. The fourth-order valence-corrected chi connectivity index (χ4v) is 1.30. The van der Waals surface area contributed by atoms with Crippen LogP contribution >= 0.6 is 0 Å². The molecule has 0 aromatic heterocycles. The second kappa shape index (κ2) is 4.10. The molecule has 11 heavy (non-hydrogen) atoms. The van der Waals surface area contributed by atoms with Crippen LogP contribution in [0.25, 0.3) is 0 Å². The third-order valence-electron chi connectivity index (χ3n) is 2.05. The van der Waals surface area contributed by atoms with E-state index >= 15 is 0 Å². The van der Waals surface area contributed by atoms with Crippen molar-refractivity contribution in [2.24, 2.45) is 17.3 Å². The van der Waals surface area contributed by atoms with Crippen molar-refractivity contribution >= 4 is 0 Å². The lowest BCUT2D eigenvalue weighted by molar-refractivity contribution is 0.143. The Morgan fingerprint density at radius 3 is 1.73 bits per heavy atom. The van der Waals surface area contributed by atoms with Gasteiger partial charge >= 0.3 is 0 Å². The Morgan fingerprint density at radius 1 is 1.18 bits per heavy atom. The van der Waals surface area contributed by atoms with E-state index in [1.54, 1.807) is 0 Å². The molecule has 0 heterocycles. The topological polar surface area (TPSA) is 20.2 Å². The van der Waals surface area contributed by atoms with E-state index < -0.39 is 0 Å². The standard InChI is InChI=1S/C10H22O/c1-8(2)9(7-11)6-10(3,4)5/h8-9,11H,6-7H2,1-5H3/t9-/m0/s1. The third-order valence-corrected chi connectivity index (χ3v) is 2.05. The van der Waals surface area contributed by atoms with E-state index in [1.165, 1.54) is 0 Å². The molecule has 0 aliphatic heterocycles.